The van der Waals surface area contributed by atoms with Crippen molar-refractivity contribution in [1.82, 2.24) is 10.2 Å². The summed E-state index contributed by atoms with van der Waals surface area (Å²) in [7, 11) is 0. The molecule has 0 N–H and O–H groups in total. The van der Waals surface area contributed by atoms with E-state index in [1.54, 1.807) is 19.1 Å². The molecule has 0 aliphatic rings. The van der Waals surface area contributed by atoms with Crippen LogP contribution in [0, 0.1) is 6.92 Å². The standard InChI is InChI=1S/C20H20N2O3/c1-4-15-7-11-17(12-8-15)20(23)24-14(3)18-21-22-19(25-18)16-9-5-13(2)6-10-16/h5-12,14H,4H2,1-3H3/t14-/m0/s1. The highest BCUT2D eigenvalue weighted by atomic mass is 16.6. The molecule has 128 valence electrons. The molecule has 0 bridgehead atoms. The van der Waals surface area contributed by atoms with E-state index in [4.69, 9.17) is 9.15 Å². The Morgan fingerprint density at radius 2 is 1.76 bits per heavy atom. The van der Waals surface area contributed by atoms with Crippen LogP contribution in [-0.2, 0) is 11.2 Å². The minimum atomic E-state index is -0.620. The number of esters is 1. The summed E-state index contributed by atoms with van der Waals surface area (Å²) >= 11 is 0. The second-order valence-electron chi connectivity index (χ2n) is 5.91. The molecule has 0 amide bonds. The van der Waals surface area contributed by atoms with Crippen molar-refractivity contribution < 1.29 is 13.9 Å². The van der Waals surface area contributed by atoms with E-state index >= 15 is 0 Å². The Morgan fingerprint density at radius 1 is 1.08 bits per heavy atom. The number of aromatic nitrogens is 2. The lowest BCUT2D eigenvalue weighted by Gasteiger charge is -2.09. The van der Waals surface area contributed by atoms with E-state index in [0.717, 1.165) is 17.5 Å². The Kier molecular flexibility index (Phi) is 4.93. The molecule has 0 aliphatic carbocycles. The molecular formula is C20H20N2O3. The summed E-state index contributed by atoms with van der Waals surface area (Å²) in [6, 6.07) is 15.1. The van der Waals surface area contributed by atoms with Gasteiger partial charge in [-0.25, -0.2) is 4.79 Å². The maximum atomic E-state index is 12.2. The normalized spacial score (nSPS) is 12.0. The summed E-state index contributed by atoms with van der Waals surface area (Å²) in [6.07, 6.45) is 0.306. The minimum absolute atomic E-state index is 0.272. The predicted octanol–water partition coefficient (Wildman–Crippen LogP) is 4.53. The van der Waals surface area contributed by atoms with E-state index in [1.807, 2.05) is 43.3 Å². The Morgan fingerprint density at radius 3 is 2.40 bits per heavy atom. The van der Waals surface area contributed by atoms with Crippen LogP contribution in [-0.4, -0.2) is 16.2 Å². The van der Waals surface area contributed by atoms with Crippen molar-refractivity contribution in [2.45, 2.75) is 33.3 Å². The molecule has 0 fully saturated rings. The molecule has 0 saturated carbocycles. The van der Waals surface area contributed by atoms with Gasteiger partial charge in [-0.1, -0.05) is 36.8 Å². The van der Waals surface area contributed by atoms with E-state index in [0.29, 0.717) is 11.5 Å². The minimum Gasteiger partial charge on any atom is -0.449 e. The number of carbonyl (C=O) groups excluding carboxylic acids is 1. The van der Waals surface area contributed by atoms with Gasteiger partial charge >= 0.3 is 5.97 Å². The first kappa shape index (κ1) is 16.9. The molecule has 5 heteroatoms. The zero-order valence-electron chi connectivity index (χ0n) is 14.5. The first-order valence-electron chi connectivity index (χ1n) is 8.27. The summed E-state index contributed by atoms with van der Waals surface area (Å²) in [5.41, 5.74) is 3.66. The fourth-order valence-corrected chi connectivity index (χ4v) is 2.37. The topological polar surface area (TPSA) is 65.2 Å². The molecule has 3 aromatic rings. The van der Waals surface area contributed by atoms with E-state index in [9.17, 15) is 4.79 Å². The fourth-order valence-electron chi connectivity index (χ4n) is 2.37. The Hall–Kier alpha value is -2.95. The quantitative estimate of drug-likeness (QED) is 0.641. The van der Waals surface area contributed by atoms with Crippen LogP contribution >= 0.6 is 0 Å². The van der Waals surface area contributed by atoms with E-state index < -0.39 is 12.1 Å². The first-order chi connectivity index (χ1) is 12.1. The van der Waals surface area contributed by atoms with Gasteiger partial charge in [0.2, 0.25) is 5.89 Å². The summed E-state index contributed by atoms with van der Waals surface area (Å²) in [6.45, 7) is 5.79. The Balaban J connectivity index is 1.69. The molecule has 0 radical (unpaired) electrons. The number of benzene rings is 2. The van der Waals surface area contributed by atoms with Gasteiger partial charge in [-0.15, -0.1) is 10.2 Å². The monoisotopic (exact) mass is 336 g/mol. The number of aryl methyl sites for hydroxylation is 2. The lowest BCUT2D eigenvalue weighted by Crippen LogP contribution is -2.09. The van der Waals surface area contributed by atoms with Crippen molar-refractivity contribution >= 4 is 5.97 Å². The van der Waals surface area contributed by atoms with Crippen molar-refractivity contribution in [3.05, 3.63) is 71.1 Å². The lowest BCUT2D eigenvalue weighted by molar-refractivity contribution is 0.0280. The molecule has 25 heavy (non-hydrogen) atoms. The van der Waals surface area contributed by atoms with Gasteiger partial charge in [0.15, 0.2) is 6.10 Å². The van der Waals surface area contributed by atoms with Crippen molar-refractivity contribution in [3.63, 3.8) is 0 Å². The van der Waals surface area contributed by atoms with E-state index in [1.165, 1.54) is 5.56 Å². The molecule has 3 rings (SSSR count). The van der Waals surface area contributed by atoms with E-state index in [-0.39, 0.29) is 5.89 Å². The number of rotatable bonds is 5. The zero-order valence-corrected chi connectivity index (χ0v) is 14.5. The largest absolute Gasteiger partial charge is 0.449 e. The van der Waals surface area contributed by atoms with Gasteiger partial charge < -0.3 is 9.15 Å². The summed E-state index contributed by atoms with van der Waals surface area (Å²) < 4.78 is 11.1. The predicted molar refractivity (Wildman–Crippen MR) is 94.1 cm³/mol. The van der Waals surface area contributed by atoms with Crippen LogP contribution < -0.4 is 0 Å². The van der Waals surface area contributed by atoms with Gasteiger partial charge in [0.05, 0.1) is 5.56 Å². The summed E-state index contributed by atoms with van der Waals surface area (Å²) in [5, 5.41) is 8.03. The van der Waals surface area contributed by atoms with Crippen molar-refractivity contribution in [3.8, 4) is 11.5 Å². The highest BCUT2D eigenvalue weighted by molar-refractivity contribution is 5.89. The third-order valence-corrected chi connectivity index (χ3v) is 3.97. The SMILES string of the molecule is CCc1ccc(C(=O)O[C@@H](C)c2nnc(-c3ccc(C)cc3)o2)cc1. The molecule has 0 unspecified atom stereocenters. The van der Waals surface area contributed by atoms with Crippen LogP contribution in [0.5, 0.6) is 0 Å². The zero-order chi connectivity index (χ0) is 17.8. The molecule has 0 saturated heterocycles. The van der Waals surface area contributed by atoms with Crippen LogP contribution in [0.15, 0.2) is 52.9 Å². The molecule has 1 heterocycles. The first-order valence-corrected chi connectivity index (χ1v) is 8.27. The van der Waals surface area contributed by atoms with Crippen LogP contribution in [0.3, 0.4) is 0 Å². The van der Waals surface area contributed by atoms with Gasteiger partial charge in [-0.3, -0.25) is 0 Å². The van der Waals surface area contributed by atoms with Crippen LogP contribution in [0.2, 0.25) is 0 Å². The molecule has 0 spiro atoms. The number of nitrogens with zero attached hydrogens (tertiary/aromatic N) is 2. The number of ether oxygens (including phenoxy) is 1. The summed E-state index contributed by atoms with van der Waals surface area (Å²) in [5.74, 6) is 0.268. The fraction of sp³-hybridized carbons (Fsp3) is 0.250. The third-order valence-electron chi connectivity index (χ3n) is 3.97. The molecule has 1 aromatic heterocycles. The lowest BCUT2D eigenvalue weighted by atomic mass is 10.1. The number of hydrogen-bond donors (Lipinski definition) is 0. The number of hydrogen-bond acceptors (Lipinski definition) is 5. The van der Waals surface area contributed by atoms with Crippen LogP contribution in [0.4, 0.5) is 0 Å². The van der Waals surface area contributed by atoms with Crippen molar-refractivity contribution in [2.75, 3.05) is 0 Å². The highest BCUT2D eigenvalue weighted by Crippen LogP contribution is 2.23. The highest BCUT2D eigenvalue weighted by Gasteiger charge is 2.20. The van der Waals surface area contributed by atoms with Crippen molar-refractivity contribution in [1.29, 1.82) is 0 Å². The second kappa shape index (κ2) is 7.30. The molecule has 2 aromatic carbocycles. The maximum absolute atomic E-state index is 12.2. The second-order valence-corrected chi connectivity index (χ2v) is 5.91. The molecule has 0 aliphatic heterocycles. The van der Waals surface area contributed by atoms with Gasteiger partial charge in [-0.2, -0.15) is 0 Å². The Labute approximate surface area is 146 Å². The molecule has 5 nitrogen and oxygen atoms in total. The third kappa shape index (κ3) is 3.94. The Bertz CT molecular complexity index is 851. The van der Waals surface area contributed by atoms with Gasteiger partial charge in [0, 0.05) is 5.56 Å². The van der Waals surface area contributed by atoms with Gasteiger partial charge in [-0.05, 0) is 50.1 Å². The number of carbonyl (C=O) groups is 1. The van der Waals surface area contributed by atoms with Crippen molar-refractivity contribution in [2.24, 2.45) is 0 Å². The average molecular weight is 336 g/mol. The maximum Gasteiger partial charge on any atom is 0.338 e. The molecular weight excluding hydrogens is 316 g/mol. The summed E-state index contributed by atoms with van der Waals surface area (Å²) in [4.78, 5) is 12.2. The molecule has 1 atom stereocenters. The van der Waals surface area contributed by atoms with E-state index in [2.05, 4.69) is 17.1 Å². The van der Waals surface area contributed by atoms with Crippen LogP contribution in [0.1, 0.15) is 47.3 Å². The van der Waals surface area contributed by atoms with Crippen LogP contribution in [0.25, 0.3) is 11.5 Å². The smallest absolute Gasteiger partial charge is 0.338 e. The average Bonchev–Trinajstić information content (AvgIpc) is 3.12. The van der Waals surface area contributed by atoms with Gasteiger partial charge in [0.25, 0.3) is 5.89 Å². The van der Waals surface area contributed by atoms with Gasteiger partial charge in [0.1, 0.15) is 0 Å².